The van der Waals surface area contributed by atoms with Gasteiger partial charge in [-0.05, 0) is 48.6 Å². The van der Waals surface area contributed by atoms with Crippen molar-refractivity contribution >= 4 is 17.2 Å². The van der Waals surface area contributed by atoms with E-state index in [0.29, 0.717) is 0 Å². The van der Waals surface area contributed by atoms with E-state index in [0.717, 1.165) is 16.0 Å². The van der Waals surface area contributed by atoms with Crippen LogP contribution in [0.25, 0.3) is 0 Å². The Hall–Kier alpha value is -1.68. The number of hydrogen-bond donors (Lipinski definition) is 1. The number of carbonyl (C=O) groups excluding carboxylic acids is 1. The number of thiophene rings is 1. The minimum Gasteiger partial charge on any atom is -0.345 e. The number of aryl methyl sites for hydroxylation is 1. The molecule has 88 valence electrons. The highest BCUT2D eigenvalue weighted by molar-refractivity contribution is 7.12. The van der Waals surface area contributed by atoms with Crippen molar-refractivity contribution in [3.05, 3.63) is 52.0 Å². The van der Waals surface area contributed by atoms with Gasteiger partial charge < -0.3 is 5.32 Å². The first-order valence-electron chi connectivity index (χ1n) is 5.43. The number of hydrogen-bond acceptors (Lipinski definition) is 3. The van der Waals surface area contributed by atoms with Crippen molar-refractivity contribution in [3.63, 3.8) is 0 Å². The third-order valence-corrected chi connectivity index (χ3v) is 3.64. The Morgan fingerprint density at radius 1 is 1.35 bits per heavy atom. The largest absolute Gasteiger partial charge is 0.345 e. The van der Waals surface area contributed by atoms with Crippen LogP contribution in [-0.4, -0.2) is 10.9 Å². The van der Waals surface area contributed by atoms with Gasteiger partial charge in [-0.3, -0.25) is 9.78 Å². The minimum absolute atomic E-state index is 0.00741. The van der Waals surface area contributed by atoms with Crippen molar-refractivity contribution in [3.8, 4) is 0 Å². The van der Waals surface area contributed by atoms with Crippen molar-refractivity contribution in [1.29, 1.82) is 0 Å². The highest BCUT2D eigenvalue weighted by atomic mass is 32.1. The van der Waals surface area contributed by atoms with E-state index >= 15 is 0 Å². The molecule has 0 spiro atoms. The second-order valence-corrected chi connectivity index (χ2v) is 4.82. The van der Waals surface area contributed by atoms with Crippen molar-refractivity contribution in [2.24, 2.45) is 0 Å². The fraction of sp³-hybridized carbons (Fsp3) is 0.231. The van der Waals surface area contributed by atoms with Gasteiger partial charge in [0.1, 0.15) is 0 Å². The summed E-state index contributed by atoms with van der Waals surface area (Å²) in [6.45, 7) is 3.92. The first kappa shape index (κ1) is 11.8. The Kier molecular flexibility index (Phi) is 3.54. The molecular formula is C13H14N2OS. The number of pyridine rings is 1. The smallest absolute Gasteiger partial charge is 0.262 e. The Bertz CT molecular complexity index is 507. The van der Waals surface area contributed by atoms with Crippen LogP contribution in [0.3, 0.4) is 0 Å². The number of carbonyl (C=O) groups is 1. The summed E-state index contributed by atoms with van der Waals surface area (Å²) in [6.07, 6.45) is 3.46. The number of nitrogens with zero attached hydrogens (tertiary/aromatic N) is 1. The summed E-state index contributed by atoms with van der Waals surface area (Å²) in [5.74, 6) is -0.0122. The summed E-state index contributed by atoms with van der Waals surface area (Å²) in [4.78, 5) is 16.7. The van der Waals surface area contributed by atoms with Crippen molar-refractivity contribution < 1.29 is 4.79 Å². The van der Waals surface area contributed by atoms with Gasteiger partial charge >= 0.3 is 0 Å². The zero-order chi connectivity index (χ0) is 12.3. The normalized spacial score (nSPS) is 12.1. The molecule has 0 saturated heterocycles. The molecule has 1 N–H and O–H groups in total. The minimum atomic E-state index is -0.0122. The number of aromatic nitrogens is 1. The quantitative estimate of drug-likeness (QED) is 0.904. The highest BCUT2D eigenvalue weighted by Gasteiger charge is 2.13. The van der Waals surface area contributed by atoms with Gasteiger partial charge in [-0.25, -0.2) is 0 Å². The van der Waals surface area contributed by atoms with E-state index in [2.05, 4.69) is 10.3 Å². The van der Waals surface area contributed by atoms with E-state index in [9.17, 15) is 4.79 Å². The first-order valence-corrected chi connectivity index (χ1v) is 6.31. The molecule has 2 heterocycles. The van der Waals surface area contributed by atoms with Gasteiger partial charge in [-0.15, -0.1) is 11.3 Å². The third kappa shape index (κ3) is 2.71. The molecule has 0 aliphatic carbocycles. The van der Waals surface area contributed by atoms with E-state index in [1.54, 1.807) is 12.4 Å². The van der Waals surface area contributed by atoms with Crippen molar-refractivity contribution in [1.82, 2.24) is 10.3 Å². The monoisotopic (exact) mass is 246 g/mol. The van der Waals surface area contributed by atoms with Crippen LogP contribution in [0.1, 0.15) is 33.8 Å². The van der Waals surface area contributed by atoms with Crippen LogP contribution in [0.2, 0.25) is 0 Å². The second-order valence-electron chi connectivity index (χ2n) is 3.91. The van der Waals surface area contributed by atoms with Gasteiger partial charge in [-0.1, -0.05) is 0 Å². The predicted molar refractivity (Wildman–Crippen MR) is 69.2 cm³/mol. The molecule has 0 radical (unpaired) electrons. The molecule has 0 saturated carbocycles. The summed E-state index contributed by atoms with van der Waals surface area (Å²) >= 11 is 1.47. The fourth-order valence-electron chi connectivity index (χ4n) is 1.60. The summed E-state index contributed by atoms with van der Waals surface area (Å²) < 4.78 is 0. The van der Waals surface area contributed by atoms with Gasteiger partial charge in [0.25, 0.3) is 5.91 Å². The molecule has 0 fully saturated rings. The van der Waals surface area contributed by atoms with Crippen LogP contribution < -0.4 is 5.32 Å². The Labute approximate surface area is 105 Å². The molecule has 0 unspecified atom stereocenters. The van der Waals surface area contributed by atoms with Crippen LogP contribution in [0, 0.1) is 6.92 Å². The highest BCUT2D eigenvalue weighted by Crippen LogP contribution is 2.17. The van der Waals surface area contributed by atoms with E-state index in [-0.39, 0.29) is 11.9 Å². The summed E-state index contributed by atoms with van der Waals surface area (Å²) in [5, 5.41) is 4.91. The Morgan fingerprint density at radius 3 is 2.65 bits per heavy atom. The van der Waals surface area contributed by atoms with Gasteiger partial charge in [0.2, 0.25) is 0 Å². The fourth-order valence-corrected chi connectivity index (χ4v) is 2.43. The van der Waals surface area contributed by atoms with Crippen molar-refractivity contribution in [2.45, 2.75) is 19.9 Å². The number of rotatable bonds is 3. The Balaban J connectivity index is 2.08. The number of amides is 1. The molecular weight excluding hydrogens is 232 g/mol. The van der Waals surface area contributed by atoms with Gasteiger partial charge in [0.05, 0.1) is 10.9 Å². The lowest BCUT2D eigenvalue weighted by molar-refractivity contribution is 0.0943. The first-order chi connectivity index (χ1) is 8.18. The molecule has 0 aromatic carbocycles. The molecule has 4 heteroatoms. The second kappa shape index (κ2) is 5.10. The summed E-state index contributed by atoms with van der Waals surface area (Å²) in [7, 11) is 0. The lowest BCUT2D eigenvalue weighted by Gasteiger charge is -2.13. The summed E-state index contributed by atoms with van der Waals surface area (Å²) in [6, 6.07) is 5.77. The Morgan fingerprint density at radius 2 is 2.06 bits per heavy atom. The van der Waals surface area contributed by atoms with Crippen molar-refractivity contribution in [2.75, 3.05) is 0 Å². The lowest BCUT2D eigenvalue weighted by atomic mass is 10.1. The average molecular weight is 246 g/mol. The van der Waals surface area contributed by atoms with Crippen LogP contribution in [0.15, 0.2) is 36.0 Å². The summed E-state index contributed by atoms with van der Waals surface area (Å²) in [5.41, 5.74) is 2.08. The maximum atomic E-state index is 12.0. The third-order valence-electron chi connectivity index (χ3n) is 2.62. The zero-order valence-electron chi connectivity index (χ0n) is 9.81. The number of nitrogens with one attached hydrogen (secondary N) is 1. The molecule has 0 bridgehead atoms. The molecule has 2 aromatic rings. The van der Waals surface area contributed by atoms with Crippen LogP contribution in [0.5, 0.6) is 0 Å². The van der Waals surface area contributed by atoms with E-state index in [1.807, 2.05) is 37.4 Å². The van der Waals surface area contributed by atoms with Gasteiger partial charge in [-0.2, -0.15) is 0 Å². The van der Waals surface area contributed by atoms with E-state index in [4.69, 9.17) is 0 Å². The van der Waals surface area contributed by atoms with Crippen LogP contribution in [0.4, 0.5) is 0 Å². The molecule has 17 heavy (non-hydrogen) atoms. The van der Waals surface area contributed by atoms with Gasteiger partial charge in [0.15, 0.2) is 0 Å². The topological polar surface area (TPSA) is 42.0 Å². The molecule has 3 nitrogen and oxygen atoms in total. The van der Waals surface area contributed by atoms with Crippen LogP contribution in [-0.2, 0) is 0 Å². The van der Waals surface area contributed by atoms with Gasteiger partial charge in [0, 0.05) is 12.4 Å². The molecule has 1 amide bonds. The maximum absolute atomic E-state index is 12.0. The average Bonchev–Trinajstić information content (AvgIpc) is 2.76. The van der Waals surface area contributed by atoms with Crippen LogP contribution >= 0.6 is 11.3 Å². The molecule has 1 atom stereocenters. The molecule has 2 rings (SSSR count). The molecule has 0 aliphatic heterocycles. The molecule has 0 aliphatic rings. The lowest BCUT2D eigenvalue weighted by Crippen LogP contribution is -2.26. The standard InChI is InChI=1S/C13H14N2OS/c1-9-5-8-17-12(9)13(16)15-10(2)11-3-6-14-7-4-11/h3-8,10H,1-2H3,(H,15,16)/t10-/m1/s1. The zero-order valence-corrected chi connectivity index (χ0v) is 10.6. The SMILES string of the molecule is Cc1ccsc1C(=O)N[C@H](C)c1ccncc1. The molecule has 2 aromatic heterocycles. The maximum Gasteiger partial charge on any atom is 0.262 e. The van der Waals surface area contributed by atoms with E-state index in [1.165, 1.54) is 11.3 Å². The van der Waals surface area contributed by atoms with E-state index < -0.39 is 0 Å². The predicted octanol–water partition coefficient (Wildman–Crippen LogP) is 2.94.